The van der Waals surface area contributed by atoms with Crippen LogP contribution in [0.15, 0.2) is 48.7 Å². The molecular weight excluding hydrogens is 326 g/mol. The highest BCUT2D eigenvalue weighted by molar-refractivity contribution is 5.90. The van der Waals surface area contributed by atoms with Gasteiger partial charge in [-0.3, -0.25) is 0 Å². The van der Waals surface area contributed by atoms with Gasteiger partial charge in [0, 0.05) is 38.1 Å². The Hall–Kier alpha value is -2.56. The predicted molar refractivity (Wildman–Crippen MR) is 105 cm³/mol. The van der Waals surface area contributed by atoms with E-state index in [1.165, 1.54) is 0 Å². The van der Waals surface area contributed by atoms with E-state index in [9.17, 15) is 4.79 Å². The summed E-state index contributed by atoms with van der Waals surface area (Å²) in [6.45, 7) is 7.57. The number of pyridine rings is 1. The highest BCUT2D eigenvalue weighted by Crippen LogP contribution is 2.25. The lowest BCUT2D eigenvalue weighted by molar-refractivity contribution is 0.00696. The van der Waals surface area contributed by atoms with Crippen molar-refractivity contribution in [2.24, 2.45) is 0 Å². The summed E-state index contributed by atoms with van der Waals surface area (Å²) < 4.78 is 5.42. The summed E-state index contributed by atoms with van der Waals surface area (Å²) in [4.78, 5) is 21.2. The Balaban J connectivity index is 1.63. The van der Waals surface area contributed by atoms with Gasteiger partial charge >= 0.3 is 5.97 Å². The van der Waals surface area contributed by atoms with Gasteiger partial charge in [-0.25, -0.2) is 9.78 Å². The van der Waals surface area contributed by atoms with Crippen molar-refractivity contribution >= 4 is 17.5 Å². The Labute approximate surface area is 155 Å². The summed E-state index contributed by atoms with van der Waals surface area (Å²) >= 11 is 0. The van der Waals surface area contributed by atoms with E-state index in [0.29, 0.717) is 11.6 Å². The molecule has 0 bridgehead atoms. The summed E-state index contributed by atoms with van der Waals surface area (Å²) in [7, 11) is 2.10. The van der Waals surface area contributed by atoms with Gasteiger partial charge in [0.25, 0.3) is 0 Å². The Morgan fingerprint density at radius 2 is 1.92 bits per heavy atom. The number of likely N-dealkylation sites (N-methyl/N-ethyl adjacent to an activating group) is 1. The van der Waals surface area contributed by atoms with Gasteiger partial charge in [0.1, 0.15) is 11.4 Å². The molecule has 26 heavy (non-hydrogen) atoms. The number of rotatable bonds is 4. The molecule has 0 unspecified atom stereocenters. The first kappa shape index (κ1) is 18.2. The fourth-order valence-corrected chi connectivity index (χ4v) is 3.19. The molecule has 0 N–H and O–H groups in total. The van der Waals surface area contributed by atoms with Crippen LogP contribution in [-0.2, 0) is 4.74 Å². The van der Waals surface area contributed by atoms with Crippen molar-refractivity contribution in [2.75, 3.05) is 29.9 Å². The van der Waals surface area contributed by atoms with Crippen LogP contribution < -0.4 is 9.80 Å². The second-order valence-electron chi connectivity index (χ2n) is 7.74. The van der Waals surface area contributed by atoms with Crippen molar-refractivity contribution in [3.8, 4) is 0 Å². The molecule has 1 aliphatic rings. The molecule has 1 aromatic carbocycles. The van der Waals surface area contributed by atoms with Crippen LogP contribution in [0.3, 0.4) is 0 Å². The Bertz CT molecular complexity index is 738. The first-order chi connectivity index (χ1) is 12.3. The fraction of sp³-hybridized carbons (Fsp3) is 0.429. The summed E-state index contributed by atoms with van der Waals surface area (Å²) in [5, 5.41) is 0. The van der Waals surface area contributed by atoms with E-state index in [-0.39, 0.29) is 5.97 Å². The fourth-order valence-electron chi connectivity index (χ4n) is 3.19. The van der Waals surface area contributed by atoms with Crippen molar-refractivity contribution < 1.29 is 9.53 Å². The van der Waals surface area contributed by atoms with Crippen LogP contribution >= 0.6 is 0 Å². The molecule has 0 saturated carbocycles. The predicted octanol–water partition coefficient (Wildman–Crippen LogP) is 3.75. The number of esters is 1. The Morgan fingerprint density at radius 1 is 1.19 bits per heavy atom. The third kappa shape index (κ3) is 4.34. The van der Waals surface area contributed by atoms with Gasteiger partial charge in [0.05, 0.1) is 5.56 Å². The maximum absolute atomic E-state index is 12.1. The zero-order valence-electron chi connectivity index (χ0n) is 16.0. The zero-order valence-corrected chi connectivity index (χ0v) is 16.0. The molecule has 3 rings (SSSR count). The average Bonchev–Trinajstić information content (AvgIpc) is 3.10. The number of ether oxygens (including phenoxy) is 1. The number of hydrogen-bond acceptors (Lipinski definition) is 5. The zero-order chi connectivity index (χ0) is 18.7. The van der Waals surface area contributed by atoms with E-state index in [4.69, 9.17) is 4.74 Å². The monoisotopic (exact) mass is 353 g/mol. The number of carbonyl (C=O) groups excluding carboxylic acids is 1. The minimum Gasteiger partial charge on any atom is -0.456 e. The molecule has 1 atom stereocenters. The molecule has 0 spiro atoms. The van der Waals surface area contributed by atoms with Crippen LogP contribution in [-0.4, -0.2) is 42.7 Å². The van der Waals surface area contributed by atoms with Crippen LogP contribution in [0.25, 0.3) is 0 Å². The van der Waals surface area contributed by atoms with Crippen LogP contribution in [0.2, 0.25) is 0 Å². The van der Waals surface area contributed by atoms with Crippen molar-refractivity contribution in [1.82, 2.24) is 4.98 Å². The average molecular weight is 353 g/mol. The van der Waals surface area contributed by atoms with Gasteiger partial charge in [0.15, 0.2) is 0 Å². The minimum atomic E-state index is -0.478. The first-order valence-electron chi connectivity index (χ1n) is 9.06. The topological polar surface area (TPSA) is 45.7 Å². The van der Waals surface area contributed by atoms with Crippen molar-refractivity contribution in [2.45, 2.75) is 38.8 Å². The number of benzene rings is 1. The van der Waals surface area contributed by atoms with Gasteiger partial charge in [-0.05, 0) is 63.6 Å². The lowest BCUT2D eigenvalue weighted by atomic mass is 10.1. The first-order valence-corrected chi connectivity index (χ1v) is 9.06. The van der Waals surface area contributed by atoms with Crippen LogP contribution in [0.1, 0.15) is 37.6 Å². The smallest absolute Gasteiger partial charge is 0.338 e. The number of hydrogen-bond donors (Lipinski definition) is 0. The summed E-state index contributed by atoms with van der Waals surface area (Å²) in [5.74, 6) is 0.720. The molecule has 0 amide bonds. The highest BCUT2D eigenvalue weighted by Gasteiger charge is 2.27. The molecule has 1 aliphatic heterocycles. The number of carbonyl (C=O) groups is 1. The quantitative estimate of drug-likeness (QED) is 0.783. The molecule has 138 valence electrons. The summed E-state index contributed by atoms with van der Waals surface area (Å²) in [6.07, 6.45) is 2.91. The largest absolute Gasteiger partial charge is 0.456 e. The van der Waals surface area contributed by atoms with Gasteiger partial charge in [-0.1, -0.05) is 6.07 Å². The molecule has 0 aliphatic carbocycles. The van der Waals surface area contributed by atoms with Crippen LogP contribution in [0.5, 0.6) is 0 Å². The normalized spacial score (nSPS) is 17.2. The lowest BCUT2D eigenvalue weighted by Crippen LogP contribution is -2.35. The second kappa shape index (κ2) is 7.36. The van der Waals surface area contributed by atoms with Crippen LogP contribution in [0.4, 0.5) is 11.5 Å². The maximum Gasteiger partial charge on any atom is 0.338 e. The van der Waals surface area contributed by atoms with Crippen molar-refractivity contribution in [1.29, 1.82) is 0 Å². The van der Waals surface area contributed by atoms with Gasteiger partial charge in [-0.15, -0.1) is 0 Å². The molecule has 1 aromatic heterocycles. The van der Waals surface area contributed by atoms with E-state index in [1.54, 1.807) is 0 Å². The van der Waals surface area contributed by atoms with Gasteiger partial charge < -0.3 is 14.5 Å². The SMILES string of the molecule is CN(c1ccccn1)[C@H]1CCN(c2ccc(C(=O)OC(C)(C)C)cc2)C1. The van der Waals surface area contributed by atoms with E-state index in [1.807, 2.05) is 69.4 Å². The third-order valence-electron chi connectivity index (χ3n) is 4.59. The van der Waals surface area contributed by atoms with Crippen LogP contribution in [0, 0.1) is 0 Å². The molecular formula is C21H27N3O2. The van der Waals surface area contributed by atoms with Gasteiger partial charge in [-0.2, -0.15) is 0 Å². The van der Waals surface area contributed by atoms with E-state index >= 15 is 0 Å². The molecule has 0 radical (unpaired) electrons. The van der Waals surface area contributed by atoms with E-state index in [0.717, 1.165) is 31.0 Å². The van der Waals surface area contributed by atoms with E-state index < -0.39 is 5.60 Å². The summed E-state index contributed by atoms with van der Waals surface area (Å²) in [5.41, 5.74) is 1.24. The minimum absolute atomic E-state index is 0.279. The molecule has 1 fully saturated rings. The second-order valence-corrected chi connectivity index (χ2v) is 7.74. The number of nitrogens with zero attached hydrogens (tertiary/aromatic N) is 3. The molecule has 5 nitrogen and oxygen atoms in total. The standard InChI is InChI=1S/C21H27N3O2/c1-21(2,3)26-20(25)16-8-10-17(11-9-16)24-14-12-18(15-24)23(4)19-7-5-6-13-22-19/h5-11,13,18H,12,14-15H2,1-4H3/t18-/m0/s1. The Kier molecular flexibility index (Phi) is 5.16. The van der Waals surface area contributed by atoms with Crippen molar-refractivity contribution in [3.05, 3.63) is 54.2 Å². The number of anilines is 2. The highest BCUT2D eigenvalue weighted by atomic mass is 16.6. The molecule has 2 heterocycles. The Morgan fingerprint density at radius 3 is 2.54 bits per heavy atom. The maximum atomic E-state index is 12.1. The van der Waals surface area contributed by atoms with Gasteiger partial charge in [0.2, 0.25) is 0 Å². The lowest BCUT2D eigenvalue weighted by Gasteiger charge is -2.26. The van der Waals surface area contributed by atoms with E-state index in [2.05, 4.69) is 21.8 Å². The van der Waals surface area contributed by atoms with Crippen molar-refractivity contribution in [3.63, 3.8) is 0 Å². The summed E-state index contributed by atoms with van der Waals surface area (Å²) in [6, 6.07) is 14.1. The number of aromatic nitrogens is 1. The third-order valence-corrected chi connectivity index (χ3v) is 4.59. The molecule has 1 saturated heterocycles. The molecule has 2 aromatic rings. The molecule has 5 heteroatoms.